The number of rotatable bonds is 6. The highest BCUT2D eigenvalue weighted by Crippen LogP contribution is 2.22. The molecule has 0 aliphatic rings. The first-order valence-electron chi connectivity index (χ1n) is 5.69. The molecule has 14 heavy (non-hydrogen) atoms. The number of hydrogen-bond acceptors (Lipinski definition) is 1. The molecule has 84 valence electrons. The molecule has 0 spiro atoms. The lowest BCUT2D eigenvalue weighted by Crippen LogP contribution is -2.31. The molecule has 0 unspecified atom stereocenters. The van der Waals surface area contributed by atoms with Crippen molar-refractivity contribution in [3.8, 4) is 0 Å². The van der Waals surface area contributed by atoms with E-state index in [4.69, 9.17) is 4.74 Å². The normalized spacial score (nSPS) is 16.4. The van der Waals surface area contributed by atoms with Gasteiger partial charge in [0.2, 0.25) is 0 Å². The van der Waals surface area contributed by atoms with Gasteiger partial charge in [0.25, 0.3) is 0 Å². The predicted molar refractivity (Wildman–Crippen MR) is 63.5 cm³/mol. The van der Waals surface area contributed by atoms with Crippen LogP contribution in [0, 0.1) is 5.92 Å². The molecule has 0 aromatic heterocycles. The predicted octanol–water partition coefficient (Wildman–Crippen LogP) is 4.18. The molecule has 0 N–H and O–H groups in total. The molecule has 0 aromatic rings. The summed E-state index contributed by atoms with van der Waals surface area (Å²) in [7, 11) is 0. The molecule has 0 heterocycles. The van der Waals surface area contributed by atoms with E-state index in [1.54, 1.807) is 0 Å². The van der Waals surface area contributed by atoms with E-state index in [-0.39, 0.29) is 5.60 Å². The summed E-state index contributed by atoms with van der Waals surface area (Å²) in [5.41, 5.74) is -0.0325. The van der Waals surface area contributed by atoms with Gasteiger partial charge in [-0.15, -0.1) is 6.58 Å². The van der Waals surface area contributed by atoms with Gasteiger partial charge in [-0.05, 0) is 39.5 Å². The Hall–Kier alpha value is -0.300. The quantitative estimate of drug-likeness (QED) is 0.582. The summed E-state index contributed by atoms with van der Waals surface area (Å²) in [6.45, 7) is 14.6. The van der Waals surface area contributed by atoms with E-state index >= 15 is 0 Å². The Morgan fingerprint density at radius 3 is 2.29 bits per heavy atom. The van der Waals surface area contributed by atoms with Crippen molar-refractivity contribution in [3.63, 3.8) is 0 Å². The minimum atomic E-state index is -0.0325. The maximum absolute atomic E-state index is 6.04. The van der Waals surface area contributed by atoms with E-state index in [0.29, 0.717) is 12.0 Å². The van der Waals surface area contributed by atoms with Gasteiger partial charge < -0.3 is 4.74 Å². The van der Waals surface area contributed by atoms with E-state index in [0.717, 1.165) is 12.8 Å². The van der Waals surface area contributed by atoms with Gasteiger partial charge >= 0.3 is 0 Å². The van der Waals surface area contributed by atoms with Crippen LogP contribution in [0.2, 0.25) is 0 Å². The van der Waals surface area contributed by atoms with E-state index in [1.165, 1.54) is 6.42 Å². The van der Waals surface area contributed by atoms with Crippen molar-refractivity contribution in [2.75, 3.05) is 0 Å². The number of hydrogen-bond donors (Lipinski definition) is 0. The van der Waals surface area contributed by atoms with Crippen molar-refractivity contribution in [1.29, 1.82) is 0 Å². The molecule has 1 nitrogen and oxygen atoms in total. The van der Waals surface area contributed by atoms with Crippen LogP contribution in [0.1, 0.15) is 53.9 Å². The molecular formula is C13H26O. The average molecular weight is 198 g/mol. The smallest absolute Gasteiger partial charge is 0.0610 e. The molecule has 0 amide bonds. The molecule has 0 aliphatic heterocycles. The van der Waals surface area contributed by atoms with Crippen LogP contribution in [0.15, 0.2) is 12.7 Å². The first kappa shape index (κ1) is 13.7. The summed E-state index contributed by atoms with van der Waals surface area (Å²) < 4.78 is 6.04. The van der Waals surface area contributed by atoms with Crippen LogP contribution in [-0.2, 0) is 4.74 Å². The molecule has 1 heteroatoms. The van der Waals surface area contributed by atoms with Gasteiger partial charge in [0.05, 0.1) is 11.7 Å². The fraction of sp³-hybridized carbons (Fsp3) is 0.846. The van der Waals surface area contributed by atoms with Gasteiger partial charge in [-0.2, -0.15) is 0 Å². The third-order valence-electron chi connectivity index (χ3n) is 2.25. The van der Waals surface area contributed by atoms with Crippen molar-refractivity contribution >= 4 is 0 Å². The molecule has 0 rings (SSSR count). The average Bonchev–Trinajstić information content (AvgIpc) is 2.01. The molecule has 0 radical (unpaired) electrons. The summed E-state index contributed by atoms with van der Waals surface area (Å²) in [6.07, 6.45) is 5.73. The van der Waals surface area contributed by atoms with Gasteiger partial charge in [-0.1, -0.05) is 26.3 Å². The van der Waals surface area contributed by atoms with Crippen molar-refractivity contribution < 1.29 is 4.74 Å². The second-order valence-corrected chi connectivity index (χ2v) is 5.06. The van der Waals surface area contributed by atoms with E-state index in [9.17, 15) is 0 Å². The number of allylic oxidation sites excluding steroid dienone is 1. The largest absolute Gasteiger partial charge is 0.372 e. The van der Waals surface area contributed by atoms with Crippen molar-refractivity contribution in [3.05, 3.63) is 12.7 Å². The molecule has 0 saturated heterocycles. The van der Waals surface area contributed by atoms with Crippen LogP contribution >= 0.6 is 0 Å². The lowest BCUT2D eigenvalue weighted by molar-refractivity contribution is -0.0849. The summed E-state index contributed by atoms with van der Waals surface area (Å²) >= 11 is 0. The summed E-state index contributed by atoms with van der Waals surface area (Å²) in [4.78, 5) is 0. The Morgan fingerprint density at radius 1 is 1.36 bits per heavy atom. The van der Waals surface area contributed by atoms with Crippen molar-refractivity contribution in [2.45, 2.75) is 65.6 Å². The van der Waals surface area contributed by atoms with E-state index in [2.05, 4.69) is 41.2 Å². The lowest BCUT2D eigenvalue weighted by Gasteiger charge is -2.31. The Labute approximate surface area is 89.5 Å². The van der Waals surface area contributed by atoms with Gasteiger partial charge in [-0.25, -0.2) is 0 Å². The Balaban J connectivity index is 4.19. The molecule has 0 saturated carbocycles. The van der Waals surface area contributed by atoms with Crippen molar-refractivity contribution in [2.24, 2.45) is 5.92 Å². The monoisotopic (exact) mass is 198 g/mol. The SMILES string of the molecule is C=CC[C@H](C)[C@H](CCC)OC(C)(C)C. The van der Waals surface area contributed by atoms with Gasteiger partial charge in [-0.3, -0.25) is 0 Å². The standard InChI is InChI=1S/C13H26O/c1-7-9-11(3)12(10-8-2)14-13(4,5)6/h7,11-12H,1,8-10H2,2-6H3/t11-,12-/m0/s1. The summed E-state index contributed by atoms with van der Waals surface area (Å²) in [5, 5.41) is 0. The lowest BCUT2D eigenvalue weighted by atomic mass is 9.96. The van der Waals surface area contributed by atoms with Crippen LogP contribution in [-0.4, -0.2) is 11.7 Å². The minimum Gasteiger partial charge on any atom is -0.372 e. The highest BCUT2D eigenvalue weighted by Gasteiger charge is 2.22. The second-order valence-electron chi connectivity index (χ2n) is 5.06. The van der Waals surface area contributed by atoms with Crippen LogP contribution in [0.3, 0.4) is 0 Å². The molecule has 2 atom stereocenters. The zero-order valence-corrected chi connectivity index (χ0v) is 10.5. The Bertz CT molecular complexity index is 155. The van der Waals surface area contributed by atoms with Crippen LogP contribution in [0.5, 0.6) is 0 Å². The molecular weight excluding hydrogens is 172 g/mol. The van der Waals surface area contributed by atoms with Crippen molar-refractivity contribution in [1.82, 2.24) is 0 Å². The van der Waals surface area contributed by atoms with E-state index < -0.39 is 0 Å². The van der Waals surface area contributed by atoms with Gasteiger partial charge in [0, 0.05) is 0 Å². The molecule has 0 aliphatic carbocycles. The highest BCUT2D eigenvalue weighted by molar-refractivity contribution is 4.78. The zero-order valence-electron chi connectivity index (χ0n) is 10.5. The Morgan fingerprint density at radius 2 is 1.93 bits per heavy atom. The molecule has 0 aromatic carbocycles. The number of ether oxygens (including phenoxy) is 1. The third-order valence-corrected chi connectivity index (χ3v) is 2.25. The van der Waals surface area contributed by atoms with Gasteiger partial charge in [0.1, 0.15) is 0 Å². The fourth-order valence-corrected chi connectivity index (χ4v) is 1.61. The molecule has 0 fully saturated rings. The van der Waals surface area contributed by atoms with Gasteiger partial charge in [0.15, 0.2) is 0 Å². The molecule has 0 bridgehead atoms. The topological polar surface area (TPSA) is 9.23 Å². The first-order chi connectivity index (χ1) is 6.40. The highest BCUT2D eigenvalue weighted by atomic mass is 16.5. The van der Waals surface area contributed by atoms with E-state index in [1.807, 2.05) is 6.08 Å². The fourth-order valence-electron chi connectivity index (χ4n) is 1.61. The summed E-state index contributed by atoms with van der Waals surface area (Å²) in [5.74, 6) is 0.576. The first-order valence-corrected chi connectivity index (χ1v) is 5.69. The minimum absolute atomic E-state index is 0.0325. The maximum atomic E-state index is 6.04. The van der Waals surface area contributed by atoms with Crippen LogP contribution in [0.25, 0.3) is 0 Å². The second kappa shape index (κ2) is 6.23. The maximum Gasteiger partial charge on any atom is 0.0610 e. The van der Waals surface area contributed by atoms with Crippen LogP contribution in [0.4, 0.5) is 0 Å². The zero-order chi connectivity index (χ0) is 11.2. The third kappa shape index (κ3) is 6.20. The summed E-state index contributed by atoms with van der Waals surface area (Å²) in [6, 6.07) is 0. The van der Waals surface area contributed by atoms with Crippen LogP contribution < -0.4 is 0 Å². The Kier molecular flexibility index (Phi) is 6.10.